The normalized spacial score (nSPS) is 12.0. The van der Waals surface area contributed by atoms with Crippen molar-refractivity contribution in [3.05, 3.63) is 35.9 Å². The molecule has 1 unspecified atom stereocenters. The van der Waals surface area contributed by atoms with E-state index in [-0.39, 0.29) is 12.2 Å². The maximum atomic E-state index is 10.2. The smallest absolute Gasteiger partial charge is 0.172 e. The summed E-state index contributed by atoms with van der Waals surface area (Å²) in [5.41, 5.74) is 1.31. The van der Waals surface area contributed by atoms with Crippen molar-refractivity contribution in [3.8, 4) is 23.0 Å². The van der Waals surface area contributed by atoms with E-state index < -0.39 is 6.10 Å². The Morgan fingerprint density at radius 3 is 2.22 bits per heavy atom. The number of hydrogen-bond donors (Lipinski definition) is 2. The second kappa shape index (κ2) is 6.79. The third kappa shape index (κ3) is 2.92. The van der Waals surface area contributed by atoms with Gasteiger partial charge < -0.3 is 24.4 Å². The number of aliphatic hydroxyl groups is 1. The number of fused-ring (bicyclic) bond motifs is 1. The lowest BCUT2D eigenvalue weighted by molar-refractivity contribution is 0.208. The highest BCUT2D eigenvalue weighted by Gasteiger charge is 2.25. The first-order valence-corrected chi connectivity index (χ1v) is 7.22. The molecule has 2 N–H and O–H groups in total. The summed E-state index contributed by atoms with van der Waals surface area (Å²) in [6.45, 7) is 5.54. The molecule has 0 spiro atoms. The number of phenolic OH excluding ortho intramolecular Hbond substituents is 1. The molecule has 124 valence electrons. The van der Waals surface area contributed by atoms with Crippen LogP contribution in [-0.4, -0.2) is 37.6 Å². The SMILES string of the molecule is C=C(C)C(O)Cc1c(OC)c(OC)c2c(O)cccc2c1OC. The van der Waals surface area contributed by atoms with Crippen LogP contribution in [0, 0.1) is 0 Å². The molecule has 0 aliphatic carbocycles. The van der Waals surface area contributed by atoms with Gasteiger partial charge in [-0.3, -0.25) is 0 Å². The van der Waals surface area contributed by atoms with Gasteiger partial charge in [0.2, 0.25) is 0 Å². The van der Waals surface area contributed by atoms with Crippen molar-refractivity contribution in [3.63, 3.8) is 0 Å². The van der Waals surface area contributed by atoms with Crippen LogP contribution in [0.3, 0.4) is 0 Å². The fourth-order valence-electron chi connectivity index (χ4n) is 2.68. The summed E-state index contributed by atoms with van der Waals surface area (Å²) in [4.78, 5) is 0. The predicted molar refractivity (Wildman–Crippen MR) is 89.8 cm³/mol. The highest BCUT2D eigenvalue weighted by atomic mass is 16.5. The van der Waals surface area contributed by atoms with Gasteiger partial charge in [-0.15, -0.1) is 0 Å². The first-order chi connectivity index (χ1) is 11.0. The molecule has 0 amide bonds. The summed E-state index contributed by atoms with van der Waals surface area (Å²) in [5, 5.41) is 21.6. The Kier molecular flexibility index (Phi) is 5.01. The molecule has 0 aliphatic heterocycles. The average Bonchev–Trinajstić information content (AvgIpc) is 2.53. The van der Waals surface area contributed by atoms with Gasteiger partial charge in [-0.25, -0.2) is 0 Å². The molecule has 2 rings (SSSR count). The maximum absolute atomic E-state index is 10.2. The lowest BCUT2D eigenvalue weighted by Crippen LogP contribution is -2.13. The number of aliphatic hydroxyl groups excluding tert-OH is 1. The van der Waals surface area contributed by atoms with Crippen molar-refractivity contribution in [1.29, 1.82) is 0 Å². The van der Waals surface area contributed by atoms with E-state index in [9.17, 15) is 10.2 Å². The van der Waals surface area contributed by atoms with Crippen LogP contribution < -0.4 is 14.2 Å². The Morgan fingerprint density at radius 2 is 1.70 bits per heavy atom. The molecule has 0 bridgehead atoms. The van der Waals surface area contributed by atoms with E-state index in [4.69, 9.17) is 14.2 Å². The van der Waals surface area contributed by atoms with E-state index in [0.717, 1.165) is 0 Å². The van der Waals surface area contributed by atoms with Crippen molar-refractivity contribution >= 4 is 10.8 Å². The van der Waals surface area contributed by atoms with Crippen molar-refractivity contribution in [2.75, 3.05) is 21.3 Å². The summed E-state index contributed by atoms with van der Waals surface area (Å²) in [6.07, 6.45) is -0.471. The molecule has 0 saturated heterocycles. The molecule has 0 aromatic heterocycles. The number of hydrogen-bond acceptors (Lipinski definition) is 5. The monoisotopic (exact) mass is 318 g/mol. The minimum atomic E-state index is -0.739. The number of benzene rings is 2. The van der Waals surface area contributed by atoms with Crippen molar-refractivity contribution < 1.29 is 24.4 Å². The number of rotatable bonds is 6. The van der Waals surface area contributed by atoms with E-state index in [1.165, 1.54) is 14.2 Å². The minimum Gasteiger partial charge on any atom is -0.507 e. The van der Waals surface area contributed by atoms with Gasteiger partial charge in [0.15, 0.2) is 11.5 Å². The molecule has 0 fully saturated rings. The quantitative estimate of drug-likeness (QED) is 0.801. The molecule has 5 nitrogen and oxygen atoms in total. The Balaban J connectivity index is 2.86. The standard InChI is InChI=1S/C18H22O5/c1-10(2)14(20)9-12-16(21-3)11-7-6-8-13(19)15(11)18(23-5)17(12)22-4/h6-8,14,19-20H,1,9H2,2-5H3. The highest BCUT2D eigenvalue weighted by Crippen LogP contribution is 2.49. The van der Waals surface area contributed by atoms with Crippen LogP contribution >= 0.6 is 0 Å². The molecule has 2 aromatic rings. The van der Waals surface area contributed by atoms with Crippen molar-refractivity contribution in [2.24, 2.45) is 0 Å². The summed E-state index contributed by atoms with van der Waals surface area (Å²) >= 11 is 0. The van der Waals surface area contributed by atoms with E-state index >= 15 is 0 Å². The first-order valence-electron chi connectivity index (χ1n) is 7.22. The lowest BCUT2D eigenvalue weighted by atomic mass is 9.96. The maximum Gasteiger partial charge on any atom is 0.172 e. The summed E-state index contributed by atoms with van der Waals surface area (Å²) in [6, 6.07) is 5.13. The second-order valence-corrected chi connectivity index (χ2v) is 5.34. The summed E-state index contributed by atoms with van der Waals surface area (Å²) < 4.78 is 16.5. The Labute approximate surface area is 135 Å². The molecule has 0 heterocycles. The van der Waals surface area contributed by atoms with Crippen LogP contribution in [0.2, 0.25) is 0 Å². The molecule has 0 radical (unpaired) electrons. The number of phenols is 1. The molecule has 0 aliphatic rings. The number of aromatic hydroxyl groups is 1. The number of ether oxygens (including phenoxy) is 3. The van der Waals surface area contributed by atoms with Gasteiger partial charge in [0.05, 0.1) is 32.8 Å². The zero-order chi connectivity index (χ0) is 17.1. The Hall–Kier alpha value is -2.40. The number of methoxy groups -OCH3 is 3. The average molecular weight is 318 g/mol. The van der Waals surface area contributed by atoms with E-state index in [1.54, 1.807) is 26.2 Å². The summed E-state index contributed by atoms with van der Waals surface area (Å²) in [7, 11) is 4.57. The first kappa shape index (κ1) is 17.0. The summed E-state index contributed by atoms with van der Waals surface area (Å²) in [5.74, 6) is 1.45. The van der Waals surface area contributed by atoms with Crippen LogP contribution in [0.4, 0.5) is 0 Å². The van der Waals surface area contributed by atoms with Crippen molar-refractivity contribution in [2.45, 2.75) is 19.4 Å². The fraction of sp³-hybridized carbons (Fsp3) is 0.333. The zero-order valence-corrected chi connectivity index (χ0v) is 13.8. The molecular weight excluding hydrogens is 296 g/mol. The third-order valence-corrected chi connectivity index (χ3v) is 3.85. The molecule has 0 saturated carbocycles. The molecule has 1 atom stereocenters. The van der Waals surface area contributed by atoms with Gasteiger partial charge in [-0.1, -0.05) is 24.3 Å². The van der Waals surface area contributed by atoms with E-state index in [2.05, 4.69) is 6.58 Å². The van der Waals surface area contributed by atoms with Gasteiger partial charge in [0, 0.05) is 17.4 Å². The van der Waals surface area contributed by atoms with Crippen LogP contribution in [0.5, 0.6) is 23.0 Å². The minimum absolute atomic E-state index is 0.0722. The lowest BCUT2D eigenvalue weighted by Gasteiger charge is -2.21. The molecule has 23 heavy (non-hydrogen) atoms. The molecule has 5 heteroatoms. The van der Waals surface area contributed by atoms with Gasteiger partial charge in [-0.2, -0.15) is 0 Å². The van der Waals surface area contributed by atoms with Crippen LogP contribution in [0.25, 0.3) is 10.8 Å². The van der Waals surface area contributed by atoms with Gasteiger partial charge in [0.1, 0.15) is 11.5 Å². The van der Waals surface area contributed by atoms with Crippen LogP contribution in [0.1, 0.15) is 12.5 Å². The van der Waals surface area contributed by atoms with Gasteiger partial charge in [-0.05, 0) is 13.0 Å². The fourth-order valence-corrected chi connectivity index (χ4v) is 2.68. The Bertz CT molecular complexity index is 736. The third-order valence-electron chi connectivity index (χ3n) is 3.85. The highest BCUT2D eigenvalue weighted by molar-refractivity contribution is 6.01. The Morgan fingerprint density at radius 1 is 1.09 bits per heavy atom. The largest absolute Gasteiger partial charge is 0.507 e. The van der Waals surface area contributed by atoms with E-state index in [1.807, 2.05) is 6.07 Å². The van der Waals surface area contributed by atoms with Crippen molar-refractivity contribution in [1.82, 2.24) is 0 Å². The van der Waals surface area contributed by atoms with Gasteiger partial charge in [0.25, 0.3) is 0 Å². The second-order valence-electron chi connectivity index (χ2n) is 5.34. The van der Waals surface area contributed by atoms with Crippen LogP contribution in [0.15, 0.2) is 30.4 Å². The predicted octanol–water partition coefficient (Wildman–Crippen LogP) is 3.05. The van der Waals surface area contributed by atoms with Gasteiger partial charge >= 0.3 is 0 Å². The van der Waals surface area contributed by atoms with Crippen LogP contribution in [-0.2, 0) is 6.42 Å². The zero-order valence-electron chi connectivity index (χ0n) is 13.8. The topological polar surface area (TPSA) is 68.2 Å². The van der Waals surface area contributed by atoms with E-state index in [0.29, 0.717) is 39.2 Å². The molecular formula is C18H22O5. The molecule has 2 aromatic carbocycles.